The van der Waals surface area contributed by atoms with Crippen LogP contribution in [0.25, 0.3) is 0 Å². The van der Waals surface area contributed by atoms with E-state index >= 15 is 0 Å². The number of hydrogen-bond acceptors (Lipinski definition) is 6. The number of rotatable bonds is 3. The maximum absolute atomic E-state index is 11.8. The Kier molecular flexibility index (Phi) is 3.36. The van der Waals surface area contributed by atoms with Crippen LogP contribution in [0.15, 0.2) is 30.5 Å². The second-order valence-electron chi connectivity index (χ2n) is 6.06. The van der Waals surface area contributed by atoms with Gasteiger partial charge in [-0.1, -0.05) is 12.1 Å². The molecule has 1 aromatic carbocycles. The summed E-state index contributed by atoms with van der Waals surface area (Å²) in [6.45, 7) is 0.627. The minimum absolute atomic E-state index is 0.118. The lowest BCUT2D eigenvalue weighted by Crippen LogP contribution is -2.46. The molecule has 2 N–H and O–H groups in total. The standard InChI is InChI=1S/C17H17N3O3/c21-15-6-2-5-14-13(15)8-18-16(20-14)19-12-4-1-3-11(7-12)17(22)9-23-10-17/h1,3-4,7-8,22H,2,5-6,9-10H2,(H,18,19,20). The lowest BCUT2D eigenvalue weighted by Gasteiger charge is -2.36. The number of Topliss-reactive ketones (excluding diaryl/α,β-unsaturated/α-hetero) is 1. The zero-order valence-corrected chi connectivity index (χ0v) is 12.6. The van der Waals surface area contributed by atoms with E-state index in [9.17, 15) is 9.90 Å². The summed E-state index contributed by atoms with van der Waals surface area (Å²) in [5, 5.41) is 13.5. The zero-order valence-electron chi connectivity index (χ0n) is 12.6. The first-order valence-electron chi connectivity index (χ1n) is 7.71. The number of fused-ring (bicyclic) bond motifs is 1. The summed E-state index contributed by atoms with van der Waals surface area (Å²) < 4.78 is 5.10. The summed E-state index contributed by atoms with van der Waals surface area (Å²) in [5.74, 6) is 0.583. The van der Waals surface area contributed by atoms with Crippen LogP contribution in [0.5, 0.6) is 0 Å². The van der Waals surface area contributed by atoms with E-state index in [1.165, 1.54) is 0 Å². The highest BCUT2D eigenvalue weighted by Crippen LogP contribution is 2.31. The van der Waals surface area contributed by atoms with E-state index in [0.717, 1.165) is 29.8 Å². The molecule has 0 saturated carbocycles. The Morgan fingerprint density at radius 3 is 2.91 bits per heavy atom. The van der Waals surface area contributed by atoms with Crippen LogP contribution in [0.2, 0.25) is 0 Å². The molecule has 2 aromatic rings. The number of aryl methyl sites for hydroxylation is 1. The largest absolute Gasteiger partial charge is 0.380 e. The van der Waals surface area contributed by atoms with E-state index in [2.05, 4.69) is 15.3 Å². The number of aliphatic hydroxyl groups is 1. The van der Waals surface area contributed by atoms with Gasteiger partial charge in [0.1, 0.15) is 5.60 Å². The van der Waals surface area contributed by atoms with Gasteiger partial charge in [-0.05, 0) is 30.5 Å². The molecule has 1 saturated heterocycles. The Morgan fingerprint density at radius 2 is 2.13 bits per heavy atom. The number of carbonyl (C=O) groups excluding carboxylic acids is 1. The number of nitrogens with one attached hydrogen (secondary N) is 1. The van der Waals surface area contributed by atoms with Crippen LogP contribution in [0.1, 0.15) is 34.5 Å². The maximum atomic E-state index is 11.8. The highest BCUT2D eigenvalue weighted by Gasteiger charge is 2.38. The maximum Gasteiger partial charge on any atom is 0.227 e. The van der Waals surface area contributed by atoms with Gasteiger partial charge in [0, 0.05) is 18.3 Å². The third-order valence-electron chi connectivity index (χ3n) is 4.32. The number of nitrogens with zero attached hydrogens (tertiary/aromatic N) is 2. The monoisotopic (exact) mass is 311 g/mol. The average Bonchev–Trinajstić information content (AvgIpc) is 2.53. The van der Waals surface area contributed by atoms with Crippen molar-refractivity contribution >= 4 is 17.4 Å². The number of aromatic nitrogens is 2. The van der Waals surface area contributed by atoms with Crippen LogP contribution in [0, 0.1) is 0 Å². The van der Waals surface area contributed by atoms with Gasteiger partial charge in [-0.25, -0.2) is 9.97 Å². The Bertz CT molecular complexity index is 771. The number of hydrogen-bond donors (Lipinski definition) is 2. The molecule has 1 aromatic heterocycles. The summed E-state index contributed by atoms with van der Waals surface area (Å²) in [7, 11) is 0. The van der Waals surface area contributed by atoms with Crippen molar-refractivity contribution in [2.45, 2.75) is 24.9 Å². The highest BCUT2D eigenvalue weighted by molar-refractivity contribution is 5.97. The second kappa shape index (κ2) is 5.40. The quantitative estimate of drug-likeness (QED) is 0.901. The van der Waals surface area contributed by atoms with Crippen molar-refractivity contribution in [3.8, 4) is 0 Å². The second-order valence-corrected chi connectivity index (χ2v) is 6.06. The number of ether oxygens (including phenoxy) is 1. The van der Waals surface area contributed by atoms with Gasteiger partial charge in [-0.15, -0.1) is 0 Å². The van der Waals surface area contributed by atoms with Gasteiger partial charge < -0.3 is 15.2 Å². The van der Waals surface area contributed by atoms with E-state index in [0.29, 0.717) is 31.1 Å². The van der Waals surface area contributed by atoms with Crippen molar-refractivity contribution in [2.75, 3.05) is 18.5 Å². The smallest absolute Gasteiger partial charge is 0.227 e. The number of ketones is 1. The molecule has 6 nitrogen and oxygen atoms in total. The van der Waals surface area contributed by atoms with Crippen molar-refractivity contribution in [2.24, 2.45) is 0 Å². The van der Waals surface area contributed by atoms with Crippen LogP contribution in [0.4, 0.5) is 11.6 Å². The third-order valence-corrected chi connectivity index (χ3v) is 4.32. The summed E-state index contributed by atoms with van der Waals surface area (Å²) in [4.78, 5) is 20.5. The van der Waals surface area contributed by atoms with E-state index in [-0.39, 0.29) is 5.78 Å². The highest BCUT2D eigenvalue weighted by atomic mass is 16.5. The lowest BCUT2D eigenvalue weighted by molar-refractivity contribution is -0.184. The van der Waals surface area contributed by atoms with E-state index in [4.69, 9.17) is 4.74 Å². The minimum Gasteiger partial charge on any atom is -0.380 e. The fraction of sp³-hybridized carbons (Fsp3) is 0.353. The number of benzene rings is 1. The Balaban J connectivity index is 1.59. The van der Waals surface area contributed by atoms with Crippen molar-refractivity contribution in [1.29, 1.82) is 0 Å². The van der Waals surface area contributed by atoms with E-state index in [1.807, 2.05) is 24.3 Å². The number of anilines is 2. The van der Waals surface area contributed by atoms with Gasteiger partial charge in [0.2, 0.25) is 5.95 Å². The first kappa shape index (κ1) is 14.3. The normalized spacial score (nSPS) is 18.9. The molecule has 23 heavy (non-hydrogen) atoms. The molecule has 0 bridgehead atoms. The summed E-state index contributed by atoms with van der Waals surface area (Å²) in [5.41, 5.74) is 2.14. The fourth-order valence-corrected chi connectivity index (χ4v) is 2.93. The van der Waals surface area contributed by atoms with Gasteiger partial charge >= 0.3 is 0 Å². The zero-order chi connectivity index (χ0) is 15.9. The van der Waals surface area contributed by atoms with Gasteiger partial charge in [-0.2, -0.15) is 0 Å². The Hall–Kier alpha value is -2.31. The fourth-order valence-electron chi connectivity index (χ4n) is 2.93. The summed E-state index contributed by atoms with van der Waals surface area (Å²) >= 11 is 0. The molecule has 1 fully saturated rings. The molecular weight excluding hydrogens is 294 g/mol. The SMILES string of the molecule is O=C1CCCc2nc(Nc3cccc(C4(O)COC4)c3)ncc21. The minimum atomic E-state index is -0.902. The molecule has 2 aliphatic rings. The summed E-state index contributed by atoms with van der Waals surface area (Å²) in [6.07, 6.45) is 3.81. The Labute approximate surface area is 133 Å². The topological polar surface area (TPSA) is 84.3 Å². The molecule has 4 rings (SSSR count). The van der Waals surface area contributed by atoms with Crippen LogP contribution >= 0.6 is 0 Å². The average molecular weight is 311 g/mol. The van der Waals surface area contributed by atoms with Gasteiger partial charge in [-0.3, -0.25) is 4.79 Å². The molecule has 0 atom stereocenters. The first-order chi connectivity index (χ1) is 11.1. The van der Waals surface area contributed by atoms with Gasteiger partial charge in [0.25, 0.3) is 0 Å². The van der Waals surface area contributed by atoms with Crippen molar-refractivity contribution in [3.05, 3.63) is 47.3 Å². The molecule has 2 heterocycles. The van der Waals surface area contributed by atoms with Crippen LogP contribution in [-0.2, 0) is 16.8 Å². The van der Waals surface area contributed by atoms with E-state index in [1.54, 1.807) is 6.20 Å². The molecule has 118 valence electrons. The van der Waals surface area contributed by atoms with Crippen LogP contribution < -0.4 is 5.32 Å². The van der Waals surface area contributed by atoms with Crippen molar-refractivity contribution < 1.29 is 14.6 Å². The molecule has 6 heteroatoms. The van der Waals surface area contributed by atoms with E-state index < -0.39 is 5.60 Å². The first-order valence-corrected chi connectivity index (χ1v) is 7.71. The van der Waals surface area contributed by atoms with Gasteiger partial charge in [0.15, 0.2) is 5.78 Å². The predicted molar refractivity (Wildman–Crippen MR) is 83.7 cm³/mol. The summed E-state index contributed by atoms with van der Waals surface area (Å²) in [6, 6.07) is 7.51. The predicted octanol–water partition coefficient (Wildman–Crippen LogP) is 1.96. The van der Waals surface area contributed by atoms with Crippen molar-refractivity contribution in [3.63, 3.8) is 0 Å². The molecule has 1 aliphatic carbocycles. The lowest BCUT2D eigenvalue weighted by atomic mass is 9.92. The molecule has 0 radical (unpaired) electrons. The number of carbonyl (C=O) groups is 1. The molecule has 0 unspecified atom stereocenters. The molecular formula is C17H17N3O3. The van der Waals surface area contributed by atoms with Gasteiger partial charge in [0.05, 0.1) is 24.5 Å². The molecule has 1 aliphatic heterocycles. The third kappa shape index (κ3) is 2.60. The molecule has 0 spiro atoms. The van der Waals surface area contributed by atoms with Crippen molar-refractivity contribution in [1.82, 2.24) is 9.97 Å². The Morgan fingerprint density at radius 1 is 1.26 bits per heavy atom. The van der Waals surface area contributed by atoms with Crippen LogP contribution in [-0.4, -0.2) is 34.1 Å². The molecule has 0 amide bonds. The van der Waals surface area contributed by atoms with Crippen LogP contribution in [0.3, 0.4) is 0 Å².